The molecule has 1 rings (SSSR count). The van der Waals surface area contributed by atoms with Crippen molar-refractivity contribution in [3.05, 3.63) is 35.4 Å². The Balaban J connectivity index is 2.78. The van der Waals surface area contributed by atoms with Gasteiger partial charge < -0.3 is 4.74 Å². The molecule has 0 heterocycles. The van der Waals surface area contributed by atoms with E-state index in [0.717, 1.165) is 0 Å². The maximum atomic E-state index is 11.7. The lowest BCUT2D eigenvalue weighted by Gasteiger charge is -2.01. The minimum atomic E-state index is -0.385. The van der Waals surface area contributed by atoms with Crippen LogP contribution < -0.4 is 0 Å². The van der Waals surface area contributed by atoms with Crippen molar-refractivity contribution in [1.29, 1.82) is 0 Å². The largest absolute Gasteiger partial charge is 0.465 e. The van der Waals surface area contributed by atoms with Crippen LogP contribution in [-0.2, 0) is 15.6 Å². The summed E-state index contributed by atoms with van der Waals surface area (Å²) in [6.07, 6.45) is 4.06. The molecule has 0 aromatic heterocycles. The highest BCUT2D eigenvalue weighted by Gasteiger charge is 2.14. The molecule has 0 atom stereocenters. The van der Waals surface area contributed by atoms with Crippen LogP contribution >= 0.6 is 0 Å². The summed E-state index contributed by atoms with van der Waals surface area (Å²) in [4.78, 5) is 22.9. The first-order valence-corrected chi connectivity index (χ1v) is 7.01. The van der Waals surface area contributed by atoms with Gasteiger partial charge in [0.1, 0.15) is 0 Å². The van der Waals surface area contributed by atoms with Gasteiger partial charge in [0, 0.05) is 5.56 Å². The van der Waals surface area contributed by atoms with Crippen LogP contribution in [0.2, 0.25) is 0 Å². The Labute approximate surface area is 98.1 Å². The third-order valence-corrected chi connectivity index (χ3v) is 2.89. The quantitative estimate of drug-likeness (QED) is 0.455. The summed E-state index contributed by atoms with van der Waals surface area (Å²) < 4.78 is 4.58. The summed E-state index contributed by atoms with van der Waals surface area (Å²) in [5.41, 5.74) is 1.11. The van der Waals surface area contributed by atoms with Crippen molar-refractivity contribution in [2.45, 2.75) is 0 Å². The van der Waals surface area contributed by atoms with Gasteiger partial charge in [-0.1, -0.05) is 12.1 Å². The SMILES string of the molecule is COC(=O)c1ccc(C(=O)C[S+](C)C)cc1. The standard InChI is InChI=1S/C12H15O3S/c1-15-12(14)10-6-4-9(5-7-10)11(13)8-16(2)3/h4-7H,8H2,1-3H3/q+1. The molecule has 4 heteroatoms. The third-order valence-electron chi connectivity index (χ3n) is 2.05. The molecule has 0 unspecified atom stereocenters. The van der Waals surface area contributed by atoms with Crippen LogP contribution in [-0.4, -0.2) is 37.1 Å². The van der Waals surface area contributed by atoms with Crippen molar-refractivity contribution in [3.63, 3.8) is 0 Å². The fraction of sp³-hybridized carbons (Fsp3) is 0.333. The summed E-state index contributed by atoms with van der Waals surface area (Å²) in [7, 11) is 1.43. The molecule has 16 heavy (non-hydrogen) atoms. The lowest BCUT2D eigenvalue weighted by molar-refractivity contribution is 0.0600. The first-order valence-electron chi connectivity index (χ1n) is 4.80. The Kier molecular flexibility index (Phi) is 4.55. The van der Waals surface area contributed by atoms with Crippen molar-refractivity contribution in [3.8, 4) is 0 Å². The van der Waals surface area contributed by atoms with Crippen molar-refractivity contribution in [2.75, 3.05) is 25.4 Å². The van der Waals surface area contributed by atoms with Crippen molar-refractivity contribution in [1.82, 2.24) is 0 Å². The maximum absolute atomic E-state index is 11.7. The lowest BCUT2D eigenvalue weighted by atomic mass is 10.1. The van der Waals surface area contributed by atoms with Gasteiger partial charge in [0.2, 0.25) is 5.78 Å². The number of ketones is 1. The number of esters is 1. The fourth-order valence-electron chi connectivity index (χ4n) is 1.26. The van der Waals surface area contributed by atoms with Crippen LogP contribution in [0.5, 0.6) is 0 Å². The minimum absolute atomic E-state index is 0.0969. The summed E-state index contributed by atoms with van der Waals surface area (Å²) in [6, 6.07) is 6.56. The van der Waals surface area contributed by atoms with Gasteiger partial charge in [-0.3, -0.25) is 4.79 Å². The number of methoxy groups -OCH3 is 1. The predicted octanol–water partition coefficient (Wildman–Crippen LogP) is 1.53. The summed E-state index contributed by atoms with van der Waals surface area (Å²) in [5, 5.41) is 0. The first kappa shape index (κ1) is 12.8. The van der Waals surface area contributed by atoms with Gasteiger partial charge in [0.25, 0.3) is 0 Å². The molecule has 0 amide bonds. The second kappa shape index (κ2) is 5.70. The molecule has 0 fully saturated rings. The van der Waals surface area contributed by atoms with Gasteiger partial charge in [0.15, 0.2) is 5.75 Å². The van der Waals surface area contributed by atoms with Gasteiger partial charge in [0.05, 0.1) is 25.2 Å². The summed E-state index contributed by atoms with van der Waals surface area (Å²) >= 11 is 0. The Morgan fingerprint density at radius 3 is 2.06 bits per heavy atom. The van der Waals surface area contributed by atoms with Crippen LogP contribution in [0, 0.1) is 0 Å². The Bertz CT molecular complexity index is 382. The van der Waals surface area contributed by atoms with Crippen molar-refractivity contribution in [2.24, 2.45) is 0 Å². The van der Waals surface area contributed by atoms with E-state index >= 15 is 0 Å². The van der Waals surface area contributed by atoms with Gasteiger partial charge in [-0.15, -0.1) is 0 Å². The molecule has 1 aromatic rings. The number of carbonyl (C=O) groups excluding carboxylic acids is 2. The van der Waals surface area contributed by atoms with E-state index in [1.54, 1.807) is 24.3 Å². The number of Topliss-reactive ketones (excluding diaryl/α,β-unsaturated/α-hetero) is 1. The molecule has 0 saturated carbocycles. The third kappa shape index (κ3) is 3.38. The molecule has 1 aromatic carbocycles. The molecule has 0 N–H and O–H groups in total. The van der Waals surface area contributed by atoms with Crippen molar-refractivity contribution < 1.29 is 14.3 Å². The molecule has 0 aliphatic rings. The predicted molar refractivity (Wildman–Crippen MR) is 66.2 cm³/mol. The number of hydrogen-bond acceptors (Lipinski definition) is 3. The van der Waals surface area contributed by atoms with E-state index in [2.05, 4.69) is 4.74 Å². The van der Waals surface area contributed by atoms with E-state index in [-0.39, 0.29) is 22.6 Å². The Morgan fingerprint density at radius 2 is 1.62 bits per heavy atom. The van der Waals surface area contributed by atoms with Crippen LogP contribution in [0.3, 0.4) is 0 Å². The van der Waals surface area contributed by atoms with E-state index in [4.69, 9.17) is 0 Å². The molecular weight excluding hydrogens is 224 g/mol. The van der Waals surface area contributed by atoms with E-state index in [1.165, 1.54) is 7.11 Å². The maximum Gasteiger partial charge on any atom is 0.337 e. The molecule has 0 saturated heterocycles. The van der Waals surface area contributed by atoms with Gasteiger partial charge in [-0.2, -0.15) is 0 Å². The zero-order chi connectivity index (χ0) is 12.1. The summed E-state index contributed by atoms with van der Waals surface area (Å²) in [6.45, 7) is 0. The molecular formula is C12H15O3S+. The molecule has 0 aliphatic carbocycles. The monoisotopic (exact) mass is 239 g/mol. The molecule has 0 radical (unpaired) electrons. The van der Waals surface area contributed by atoms with Crippen LogP contribution in [0.15, 0.2) is 24.3 Å². The van der Waals surface area contributed by atoms with Crippen LogP contribution in [0.25, 0.3) is 0 Å². The molecule has 0 spiro atoms. The van der Waals surface area contributed by atoms with Gasteiger partial charge in [-0.25, -0.2) is 4.79 Å². The van der Waals surface area contributed by atoms with E-state index < -0.39 is 0 Å². The second-order valence-corrected chi connectivity index (χ2v) is 5.88. The fourth-order valence-corrected chi connectivity index (χ4v) is 1.95. The highest BCUT2D eigenvalue weighted by Crippen LogP contribution is 2.07. The second-order valence-electron chi connectivity index (χ2n) is 3.62. The number of ether oxygens (including phenoxy) is 1. The summed E-state index contributed by atoms with van der Waals surface area (Å²) in [5.74, 6) is 0.284. The molecule has 0 bridgehead atoms. The van der Waals surface area contributed by atoms with Gasteiger partial charge >= 0.3 is 5.97 Å². The molecule has 3 nitrogen and oxygen atoms in total. The Hall–Kier alpha value is -1.29. The van der Waals surface area contributed by atoms with Crippen LogP contribution in [0.4, 0.5) is 0 Å². The molecule has 86 valence electrons. The molecule has 0 aliphatic heterocycles. The number of hydrogen-bond donors (Lipinski definition) is 0. The topological polar surface area (TPSA) is 43.4 Å². The van der Waals surface area contributed by atoms with E-state index in [9.17, 15) is 9.59 Å². The lowest BCUT2D eigenvalue weighted by Crippen LogP contribution is -2.14. The normalized spacial score (nSPS) is 10.2. The van der Waals surface area contributed by atoms with Crippen LogP contribution in [0.1, 0.15) is 20.7 Å². The highest BCUT2D eigenvalue weighted by molar-refractivity contribution is 7.96. The average Bonchev–Trinajstić information content (AvgIpc) is 2.27. The van der Waals surface area contributed by atoms with Gasteiger partial charge in [-0.05, 0) is 23.0 Å². The zero-order valence-electron chi connectivity index (χ0n) is 9.65. The zero-order valence-corrected chi connectivity index (χ0v) is 10.5. The number of rotatable bonds is 4. The number of benzene rings is 1. The average molecular weight is 239 g/mol. The number of carbonyl (C=O) groups is 2. The van der Waals surface area contributed by atoms with E-state index in [0.29, 0.717) is 16.9 Å². The Morgan fingerprint density at radius 1 is 1.12 bits per heavy atom. The minimum Gasteiger partial charge on any atom is -0.465 e. The smallest absolute Gasteiger partial charge is 0.337 e. The highest BCUT2D eigenvalue weighted by atomic mass is 32.2. The van der Waals surface area contributed by atoms with E-state index in [1.807, 2.05) is 12.5 Å². The first-order chi connectivity index (χ1) is 7.54. The van der Waals surface area contributed by atoms with Crippen molar-refractivity contribution >= 4 is 22.6 Å².